The van der Waals surface area contributed by atoms with Crippen molar-refractivity contribution in [1.29, 1.82) is 0 Å². The number of aliphatic hydroxyl groups is 4. The molecule has 712 valence electrons. The van der Waals surface area contributed by atoms with Gasteiger partial charge in [0, 0.05) is 92.6 Å². The van der Waals surface area contributed by atoms with Crippen molar-refractivity contribution in [2.24, 2.45) is 46.2 Å². The average molecular weight is 1810 g/mol. The van der Waals surface area contributed by atoms with Gasteiger partial charge in [-0.2, -0.15) is 0 Å². The monoisotopic (exact) mass is 1810 g/mol. The van der Waals surface area contributed by atoms with Gasteiger partial charge in [0.05, 0.1) is 87.6 Å². The van der Waals surface area contributed by atoms with Crippen LogP contribution < -0.4 is 43.0 Å². The Labute approximate surface area is 768 Å². The number of nitrogens with zero attached hydrogens (tertiary/aromatic N) is 4. The molecule has 4 aromatic carbocycles. The molecular formula is C100H137N11O20. The maximum Gasteiger partial charge on any atom is 0.312 e. The topological polar surface area (TPSA) is 453 Å². The first-order valence-electron chi connectivity index (χ1n) is 47.5. The van der Waals surface area contributed by atoms with E-state index >= 15 is 4.79 Å². The van der Waals surface area contributed by atoms with Crippen LogP contribution in [0.3, 0.4) is 0 Å². The Hall–Kier alpha value is -9.72. The summed E-state index contributed by atoms with van der Waals surface area (Å²) in [6, 6.07) is 25.4. The number of imide groups is 1. The number of aromatic nitrogens is 3. The van der Waals surface area contributed by atoms with Gasteiger partial charge in [0.2, 0.25) is 35.4 Å². The van der Waals surface area contributed by atoms with E-state index in [4.69, 9.17) is 39.9 Å². The van der Waals surface area contributed by atoms with Gasteiger partial charge in [0.15, 0.2) is 12.1 Å². The molecule has 3 heterocycles. The number of amides is 8. The number of aliphatic hydroxyl groups excluding tert-OH is 4. The molecule has 2 aliphatic heterocycles. The van der Waals surface area contributed by atoms with Gasteiger partial charge in [-0.15, -0.1) is 5.10 Å². The molecule has 1 saturated heterocycles. The molecule has 3 fully saturated rings. The first-order valence-corrected chi connectivity index (χ1v) is 47.5. The molecule has 1 aromatic heterocycles. The van der Waals surface area contributed by atoms with Gasteiger partial charge in [0.25, 0.3) is 0 Å². The van der Waals surface area contributed by atoms with E-state index < -0.39 is 106 Å². The summed E-state index contributed by atoms with van der Waals surface area (Å²) in [5, 5.41) is 64.6. The first-order chi connectivity index (χ1) is 62.9. The molecule has 5 aromatic rings. The summed E-state index contributed by atoms with van der Waals surface area (Å²) in [4.78, 5) is 142. The highest BCUT2D eigenvalue weighted by Crippen LogP contribution is 2.60. The third kappa shape index (κ3) is 25.4. The number of hydrogen-bond acceptors (Lipinski definition) is 23. The average Bonchev–Trinajstić information content (AvgIpc) is 1.21. The van der Waals surface area contributed by atoms with Crippen LogP contribution >= 0.6 is 0 Å². The number of nitrogen functional groups attached to an aromatic ring is 1. The molecular weight excluding hydrogens is 1680 g/mol. The Balaban J connectivity index is 0.620. The third-order valence-electron chi connectivity index (χ3n) is 28.8. The number of nitrogens with two attached hydrogens (primary N) is 2. The van der Waals surface area contributed by atoms with Crippen LogP contribution in [-0.2, 0) is 115 Å². The molecule has 15 atom stereocenters. The zero-order chi connectivity index (χ0) is 93.6. The van der Waals surface area contributed by atoms with Gasteiger partial charge in [-0.1, -0.05) is 133 Å². The van der Waals surface area contributed by atoms with Crippen molar-refractivity contribution in [1.82, 2.24) is 36.3 Å². The number of aryl methyl sites for hydroxylation is 2. The lowest BCUT2D eigenvalue weighted by Gasteiger charge is -2.56. The third-order valence-corrected chi connectivity index (χ3v) is 28.8. The number of hydrogen-bond donors (Lipinski definition) is 11. The van der Waals surface area contributed by atoms with E-state index in [0.29, 0.717) is 100 Å². The highest BCUT2D eigenvalue weighted by Gasteiger charge is 2.59. The largest absolute Gasteiger partial charge is 0.399 e. The fourth-order valence-electron chi connectivity index (χ4n) is 21.4. The lowest BCUT2D eigenvalue weighted by atomic mass is 9.49. The van der Waals surface area contributed by atoms with Crippen molar-refractivity contribution < 1.29 is 96.8 Å². The van der Waals surface area contributed by atoms with Crippen LogP contribution in [0.15, 0.2) is 84.9 Å². The second-order valence-electron chi connectivity index (χ2n) is 38.2. The van der Waals surface area contributed by atoms with E-state index in [2.05, 4.69) is 74.7 Å². The fraction of sp³-hybridized carbons (Fsp3) is 0.620. The Morgan fingerprint density at radius 1 is 0.588 bits per heavy atom. The molecule has 12 rings (SSSR count). The molecule has 2 saturated carbocycles. The minimum Gasteiger partial charge on any atom is -0.399 e. The van der Waals surface area contributed by atoms with Crippen LogP contribution in [0, 0.1) is 52.3 Å². The van der Waals surface area contributed by atoms with E-state index in [1.165, 1.54) is 15.8 Å². The number of primary amides is 1. The van der Waals surface area contributed by atoms with Crippen molar-refractivity contribution >= 4 is 75.9 Å². The zero-order valence-corrected chi connectivity index (χ0v) is 77.1. The second kappa shape index (κ2) is 46.8. The molecule has 7 aliphatic rings. The predicted molar refractivity (Wildman–Crippen MR) is 489 cm³/mol. The fourth-order valence-corrected chi connectivity index (χ4v) is 21.4. The van der Waals surface area contributed by atoms with Gasteiger partial charge in [-0.25, -0.2) is 9.48 Å². The van der Waals surface area contributed by atoms with Crippen molar-refractivity contribution in [3.63, 3.8) is 0 Å². The quantitative estimate of drug-likeness (QED) is 0.00747. The number of Topliss-reactive ketones (excluding diaryl/α,β-unsaturated/α-hetero) is 3. The van der Waals surface area contributed by atoms with Crippen LogP contribution in [0.4, 0.5) is 21.9 Å². The van der Waals surface area contributed by atoms with Crippen molar-refractivity contribution in [3.8, 4) is 11.8 Å². The molecule has 6 unspecified atom stereocenters. The van der Waals surface area contributed by atoms with E-state index in [0.717, 1.165) is 97.7 Å². The van der Waals surface area contributed by atoms with E-state index in [-0.39, 0.29) is 164 Å². The summed E-state index contributed by atoms with van der Waals surface area (Å²) < 4.78 is 36.1. The Morgan fingerprint density at radius 2 is 1.21 bits per heavy atom. The molecule has 0 bridgehead atoms. The Morgan fingerprint density at radius 3 is 1.89 bits per heavy atom. The number of benzene rings is 4. The number of para-hydroxylation sites is 1. The highest BCUT2D eigenvalue weighted by atomic mass is 16.6. The van der Waals surface area contributed by atoms with Crippen molar-refractivity contribution in [2.75, 3.05) is 88.5 Å². The number of fused-ring (bicyclic) bond motifs is 9. The molecule has 131 heavy (non-hydrogen) atoms. The summed E-state index contributed by atoms with van der Waals surface area (Å²) in [5.74, 6) is 1.21. The van der Waals surface area contributed by atoms with Crippen molar-refractivity contribution in [3.05, 3.63) is 135 Å². The molecule has 8 amide bonds. The van der Waals surface area contributed by atoms with Gasteiger partial charge < -0.3 is 86.5 Å². The summed E-state index contributed by atoms with van der Waals surface area (Å²) in [7, 11) is 0. The van der Waals surface area contributed by atoms with Crippen molar-refractivity contribution in [2.45, 2.75) is 282 Å². The smallest absolute Gasteiger partial charge is 0.312 e. The number of ether oxygens (including phenoxy) is 6. The number of anilines is 3. The Kier molecular flexibility index (Phi) is 35.8. The lowest BCUT2D eigenvalue weighted by molar-refractivity contribution is -0.284. The van der Waals surface area contributed by atoms with Crippen LogP contribution in [0.1, 0.15) is 252 Å². The van der Waals surface area contributed by atoms with E-state index in [1.54, 1.807) is 18.7 Å². The number of rotatable bonds is 45. The van der Waals surface area contributed by atoms with Crippen LogP contribution in [0.25, 0.3) is 0 Å². The molecule has 5 aliphatic carbocycles. The Bertz CT molecular complexity index is 4890. The van der Waals surface area contributed by atoms with Gasteiger partial charge in [-0.05, 0) is 202 Å². The lowest BCUT2D eigenvalue weighted by Crippen LogP contribution is -2.60. The molecule has 13 N–H and O–H groups in total. The number of carbonyl (C=O) groups is 10. The molecule has 31 nitrogen and oxygen atoms in total. The second-order valence-corrected chi connectivity index (χ2v) is 38.2. The van der Waals surface area contributed by atoms with Gasteiger partial charge in [-0.3, -0.25) is 48.5 Å². The summed E-state index contributed by atoms with van der Waals surface area (Å²) >= 11 is 0. The summed E-state index contributed by atoms with van der Waals surface area (Å²) in [6.45, 7) is 14.3. The normalized spacial score (nSPS) is 24.9. The zero-order valence-electron chi connectivity index (χ0n) is 77.1. The minimum absolute atomic E-state index is 0.0116. The molecule has 0 radical (unpaired) electrons. The SMILES string of the molecule is CC(C)[C@H](NC(=O)[C@@H](CCCCNC(=O)COC1CCCCCc2c1nnn2CC1OC(O)C(O)C(O)C1O)CC(=O)CCOCCOCCOCCOCCCC(=O)CCC(=O)N1Cc2ccccc2C#Cc2ccccc21)C(=O)C[C@@H](CCCNC(N)=O)C(=O)Nc1ccc2c(c1)[C@@]1(C)CCC[C@](C)(C(=O)NC(=O)[C@@]3(C)CCC[C@]4(C)c5cc(N)ccc5CC[C@@H]34)[C@@H]1CC2. The maximum atomic E-state index is 15.1. The summed E-state index contributed by atoms with van der Waals surface area (Å²) in [5.41, 5.74) is 19.6. The minimum atomic E-state index is -1.73. The molecule has 0 spiro atoms. The number of carbonyl (C=O) groups excluding carboxylic acids is 10. The van der Waals surface area contributed by atoms with Gasteiger partial charge in [0.1, 0.15) is 54.4 Å². The van der Waals surface area contributed by atoms with Gasteiger partial charge >= 0.3 is 6.03 Å². The first kappa shape index (κ1) is 100. The predicted octanol–water partition coefficient (Wildman–Crippen LogP) is 9.40. The number of unbranched alkanes of at least 4 members (excludes halogenated alkanes) is 1. The standard InChI is InChI=1S/C100H137N11O20/c1-63(2)86(79(114)57-69(24-16-47-104-96(102)125)91(120)105-72-36-32-66-34-39-83-98(4,76(66)59-72)43-19-45-100(83,6)95(124)107-94(123)99(5)44-18-42-97(3)75-58-71(101)35-31-65(75)33-38-82(97)99)106-92(121)68(22-14-15-46-103-84(115)62-130-80-28-9-7-8-27-78-87(80)108-109-111(78)61-81-88(117)89(118)90(119)93(122)131-81)56-74(113)41-49-127-51-53-129-55-54-128-52-50-126-48-17-25-73(112)37-40-85(116)110-60-70-23-11-10-20-64(70)29-30-67-21-12-13-26-77(67)110/h10-13,20-21,23,26,31-32,35-36,58-59,63,68-69,80-83,86,88-90,93,117-119,122H,7-9,14-19,22,24-25,27-28,33-34,37-57,60-62,101H2,1-6H3,(H,103,115)(H,105,120)(H,106,121)(H3,102,104,125)(H,107,123,124)/t68-,69+,80?,81?,82+,83+,86-,88?,89?,90?,93?,97+,98+,99-,100-/m0/s1. The van der Waals surface area contributed by atoms with Crippen LogP contribution in [-0.4, -0.2) is 204 Å². The number of ketones is 3. The van der Waals surface area contributed by atoms with Crippen LogP contribution in [0.2, 0.25) is 0 Å². The van der Waals surface area contributed by atoms with Crippen LogP contribution in [0.5, 0.6) is 0 Å². The highest BCUT2D eigenvalue weighted by molar-refractivity contribution is 6.02. The van der Waals surface area contributed by atoms with E-state index in [9.17, 15) is 63.6 Å². The number of nitrogens with one attached hydrogen (secondary N) is 5. The maximum absolute atomic E-state index is 15.1. The van der Waals surface area contributed by atoms with E-state index in [1.807, 2.05) is 86.6 Å². The number of urea groups is 1. The summed E-state index contributed by atoms with van der Waals surface area (Å²) in [6.07, 6.45) is 4.67. The molecule has 31 heteroatoms.